The first-order valence-electron chi connectivity index (χ1n) is 8.86. The molecule has 1 amide bonds. The summed E-state index contributed by atoms with van der Waals surface area (Å²) in [5.74, 6) is 0.830. The number of amides is 1. The molecule has 1 heterocycles. The Hall–Kier alpha value is -1.80. The van der Waals surface area contributed by atoms with Crippen LogP contribution in [0.3, 0.4) is 0 Å². The fourth-order valence-electron chi connectivity index (χ4n) is 3.18. The molecule has 146 valence electrons. The number of sulfonamides is 1. The molecular weight excluding hydrogens is 354 g/mol. The van der Waals surface area contributed by atoms with E-state index in [0.29, 0.717) is 13.1 Å². The van der Waals surface area contributed by atoms with Crippen molar-refractivity contribution in [3.63, 3.8) is 0 Å². The third kappa shape index (κ3) is 5.35. The number of rotatable bonds is 7. The first-order chi connectivity index (χ1) is 12.2. The van der Waals surface area contributed by atoms with E-state index >= 15 is 0 Å². The van der Waals surface area contributed by atoms with E-state index in [1.54, 1.807) is 7.11 Å². The van der Waals surface area contributed by atoms with Gasteiger partial charge in [0.05, 0.1) is 13.4 Å². The molecule has 1 aliphatic rings. The third-order valence-corrected chi connectivity index (χ3v) is 6.07. The molecule has 26 heavy (non-hydrogen) atoms. The van der Waals surface area contributed by atoms with Gasteiger partial charge in [-0.1, -0.05) is 0 Å². The van der Waals surface area contributed by atoms with Gasteiger partial charge in [-0.15, -0.1) is 0 Å². The molecule has 1 fully saturated rings. The Balaban J connectivity index is 1.85. The van der Waals surface area contributed by atoms with Crippen molar-refractivity contribution in [2.75, 3.05) is 51.0 Å². The molecule has 0 saturated carbocycles. The number of methoxy groups -OCH3 is 1. The standard InChI is InChI=1S/C18H29N3O4S/c1-15(2)21(26(4,23)24)10-9-18(22)20-13-11-19(12-14-20)16-5-7-17(25-3)8-6-16/h5-8,15H,9-14H2,1-4H3. The van der Waals surface area contributed by atoms with Crippen molar-refractivity contribution in [1.82, 2.24) is 9.21 Å². The summed E-state index contributed by atoms with van der Waals surface area (Å²) in [6.45, 7) is 6.68. The van der Waals surface area contributed by atoms with Gasteiger partial charge < -0.3 is 14.5 Å². The lowest BCUT2D eigenvalue weighted by Crippen LogP contribution is -2.49. The molecule has 1 saturated heterocycles. The first-order valence-corrected chi connectivity index (χ1v) is 10.7. The molecule has 2 rings (SSSR count). The Labute approximate surface area is 156 Å². The smallest absolute Gasteiger partial charge is 0.224 e. The van der Waals surface area contributed by atoms with E-state index in [2.05, 4.69) is 4.90 Å². The lowest BCUT2D eigenvalue weighted by atomic mass is 10.2. The summed E-state index contributed by atoms with van der Waals surface area (Å²) < 4.78 is 30.1. The van der Waals surface area contributed by atoms with Gasteiger partial charge in [-0.3, -0.25) is 4.79 Å². The second-order valence-corrected chi connectivity index (χ2v) is 8.72. The number of hydrogen-bond donors (Lipinski definition) is 0. The SMILES string of the molecule is COc1ccc(N2CCN(C(=O)CCN(C(C)C)S(C)(=O)=O)CC2)cc1. The molecule has 8 heteroatoms. The highest BCUT2D eigenvalue weighted by atomic mass is 32.2. The second kappa shape index (κ2) is 8.73. The molecule has 0 spiro atoms. The van der Waals surface area contributed by atoms with Gasteiger partial charge in [-0.25, -0.2) is 8.42 Å². The number of anilines is 1. The number of benzene rings is 1. The average molecular weight is 384 g/mol. The average Bonchev–Trinajstić information content (AvgIpc) is 2.60. The summed E-state index contributed by atoms with van der Waals surface area (Å²) in [7, 11) is -1.65. The number of hydrogen-bond acceptors (Lipinski definition) is 5. The molecule has 7 nitrogen and oxygen atoms in total. The summed E-state index contributed by atoms with van der Waals surface area (Å²) in [6.07, 6.45) is 1.40. The van der Waals surface area contributed by atoms with Gasteiger partial charge in [-0.05, 0) is 38.1 Å². The van der Waals surface area contributed by atoms with E-state index in [9.17, 15) is 13.2 Å². The minimum absolute atomic E-state index is 0.00804. The van der Waals surface area contributed by atoms with Crippen LogP contribution in [-0.2, 0) is 14.8 Å². The van der Waals surface area contributed by atoms with Crippen LogP contribution in [0.5, 0.6) is 5.75 Å². The fourth-order valence-corrected chi connectivity index (χ4v) is 4.37. The molecule has 0 N–H and O–H groups in total. The van der Waals surface area contributed by atoms with Crippen molar-refractivity contribution >= 4 is 21.6 Å². The maximum atomic E-state index is 12.4. The summed E-state index contributed by atoms with van der Waals surface area (Å²) in [6, 6.07) is 7.74. The van der Waals surface area contributed by atoms with E-state index in [-0.39, 0.29) is 24.9 Å². The monoisotopic (exact) mass is 383 g/mol. The van der Waals surface area contributed by atoms with Crippen molar-refractivity contribution in [1.29, 1.82) is 0 Å². The normalized spacial score (nSPS) is 15.6. The highest BCUT2D eigenvalue weighted by Gasteiger charge is 2.25. The zero-order valence-electron chi connectivity index (χ0n) is 16.0. The fraction of sp³-hybridized carbons (Fsp3) is 0.611. The number of nitrogens with zero attached hydrogens (tertiary/aromatic N) is 3. The van der Waals surface area contributed by atoms with Crippen LogP contribution in [0.15, 0.2) is 24.3 Å². The van der Waals surface area contributed by atoms with Gasteiger partial charge in [0.2, 0.25) is 15.9 Å². The van der Waals surface area contributed by atoms with Crippen LogP contribution >= 0.6 is 0 Å². The molecule has 0 radical (unpaired) electrons. The van der Waals surface area contributed by atoms with Gasteiger partial charge in [0.25, 0.3) is 0 Å². The highest BCUT2D eigenvalue weighted by Crippen LogP contribution is 2.20. The Morgan fingerprint density at radius 3 is 2.19 bits per heavy atom. The van der Waals surface area contributed by atoms with E-state index in [1.807, 2.05) is 43.0 Å². The molecular formula is C18H29N3O4S. The predicted octanol–water partition coefficient (Wildman–Crippen LogP) is 1.40. The summed E-state index contributed by atoms with van der Waals surface area (Å²) in [4.78, 5) is 16.5. The van der Waals surface area contributed by atoms with Crippen molar-refractivity contribution < 1.29 is 17.9 Å². The molecule has 0 bridgehead atoms. The maximum absolute atomic E-state index is 12.4. The van der Waals surface area contributed by atoms with Crippen LogP contribution in [-0.4, -0.2) is 75.7 Å². The molecule has 1 aromatic rings. The molecule has 1 aliphatic heterocycles. The molecule has 0 aliphatic carbocycles. The minimum atomic E-state index is -3.30. The summed E-state index contributed by atoms with van der Waals surface area (Å²) in [5, 5.41) is 0. The van der Waals surface area contributed by atoms with Crippen LogP contribution in [0.4, 0.5) is 5.69 Å². The quantitative estimate of drug-likeness (QED) is 0.712. The Morgan fingerprint density at radius 2 is 1.73 bits per heavy atom. The number of carbonyl (C=O) groups is 1. The van der Waals surface area contributed by atoms with Gasteiger partial charge in [0.1, 0.15) is 5.75 Å². The van der Waals surface area contributed by atoms with E-state index in [0.717, 1.165) is 24.5 Å². The molecule has 0 unspecified atom stereocenters. The van der Waals surface area contributed by atoms with Gasteiger partial charge >= 0.3 is 0 Å². The summed E-state index contributed by atoms with van der Waals surface area (Å²) in [5.41, 5.74) is 1.11. The minimum Gasteiger partial charge on any atom is -0.497 e. The number of piperazine rings is 1. The van der Waals surface area contributed by atoms with Crippen LogP contribution in [0, 0.1) is 0 Å². The van der Waals surface area contributed by atoms with Crippen molar-refractivity contribution in [3.05, 3.63) is 24.3 Å². The van der Waals surface area contributed by atoms with Crippen molar-refractivity contribution in [2.24, 2.45) is 0 Å². The zero-order valence-corrected chi connectivity index (χ0v) is 16.8. The highest BCUT2D eigenvalue weighted by molar-refractivity contribution is 7.88. The lowest BCUT2D eigenvalue weighted by Gasteiger charge is -2.36. The van der Waals surface area contributed by atoms with E-state index in [1.165, 1.54) is 10.6 Å². The van der Waals surface area contributed by atoms with Crippen LogP contribution in [0.2, 0.25) is 0 Å². The largest absolute Gasteiger partial charge is 0.497 e. The lowest BCUT2D eigenvalue weighted by molar-refractivity contribution is -0.131. The third-order valence-electron chi connectivity index (χ3n) is 4.62. The van der Waals surface area contributed by atoms with Crippen molar-refractivity contribution in [2.45, 2.75) is 26.3 Å². The van der Waals surface area contributed by atoms with Gasteiger partial charge in [0, 0.05) is 50.9 Å². The van der Waals surface area contributed by atoms with E-state index < -0.39 is 10.0 Å². The predicted molar refractivity (Wildman–Crippen MR) is 103 cm³/mol. The Bertz CT molecular complexity index is 696. The number of carbonyl (C=O) groups excluding carboxylic acids is 1. The number of ether oxygens (including phenoxy) is 1. The second-order valence-electron chi connectivity index (χ2n) is 6.78. The Kier molecular flexibility index (Phi) is 6.88. The molecule has 0 atom stereocenters. The summed E-state index contributed by atoms with van der Waals surface area (Å²) >= 11 is 0. The Morgan fingerprint density at radius 1 is 1.15 bits per heavy atom. The zero-order chi connectivity index (χ0) is 19.3. The van der Waals surface area contributed by atoms with Gasteiger partial charge in [0.15, 0.2) is 0 Å². The maximum Gasteiger partial charge on any atom is 0.224 e. The molecule has 1 aromatic carbocycles. The van der Waals surface area contributed by atoms with Gasteiger partial charge in [-0.2, -0.15) is 4.31 Å². The van der Waals surface area contributed by atoms with Crippen LogP contribution < -0.4 is 9.64 Å². The van der Waals surface area contributed by atoms with E-state index in [4.69, 9.17) is 4.74 Å². The van der Waals surface area contributed by atoms with Crippen molar-refractivity contribution in [3.8, 4) is 5.75 Å². The van der Waals surface area contributed by atoms with Crippen LogP contribution in [0.1, 0.15) is 20.3 Å². The van der Waals surface area contributed by atoms with Crippen LogP contribution in [0.25, 0.3) is 0 Å². The topological polar surface area (TPSA) is 70.2 Å². The first kappa shape index (κ1) is 20.5. The molecule has 0 aromatic heterocycles.